The maximum absolute atomic E-state index is 5.60. The number of hydrogen-bond donors (Lipinski definition) is 1. The molecule has 2 rings (SSSR count). The predicted molar refractivity (Wildman–Crippen MR) is 82.5 cm³/mol. The Hall–Kier alpha value is -2.04. The Labute approximate surface area is 125 Å². The van der Waals surface area contributed by atoms with Crippen molar-refractivity contribution in [3.63, 3.8) is 0 Å². The minimum Gasteiger partial charge on any atom is -0.493 e. The van der Waals surface area contributed by atoms with E-state index in [0.29, 0.717) is 24.7 Å². The first-order valence-electron chi connectivity index (χ1n) is 6.95. The van der Waals surface area contributed by atoms with Crippen molar-refractivity contribution in [2.75, 3.05) is 20.4 Å². The van der Waals surface area contributed by atoms with Gasteiger partial charge in [0, 0.05) is 0 Å². The first kappa shape index (κ1) is 15.4. The van der Waals surface area contributed by atoms with E-state index in [-0.39, 0.29) is 6.79 Å². The average molecular weight is 287 g/mol. The van der Waals surface area contributed by atoms with Gasteiger partial charge in [0.1, 0.15) is 0 Å². The average Bonchev–Trinajstić information content (AvgIpc) is 2.53. The minimum absolute atomic E-state index is 0.182. The van der Waals surface area contributed by atoms with E-state index >= 15 is 0 Å². The lowest BCUT2D eigenvalue weighted by atomic mass is 10.1. The van der Waals surface area contributed by atoms with E-state index in [1.807, 2.05) is 48.5 Å². The van der Waals surface area contributed by atoms with Crippen molar-refractivity contribution >= 4 is 0 Å². The van der Waals surface area contributed by atoms with Gasteiger partial charge in [0.25, 0.3) is 0 Å². The molecule has 0 aromatic heterocycles. The zero-order valence-electron chi connectivity index (χ0n) is 12.2. The minimum atomic E-state index is 0.182. The molecule has 0 unspecified atom stereocenters. The van der Waals surface area contributed by atoms with Gasteiger partial charge < -0.3 is 19.9 Å². The zero-order chi connectivity index (χ0) is 14.9. The summed E-state index contributed by atoms with van der Waals surface area (Å²) in [5.74, 6) is 1.37. The Morgan fingerprint density at radius 1 is 0.952 bits per heavy atom. The van der Waals surface area contributed by atoms with Gasteiger partial charge in [-0.05, 0) is 36.2 Å². The van der Waals surface area contributed by atoms with Crippen LogP contribution in [0.25, 0.3) is 0 Å². The standard InChI is InChI=1S/C17H21NO3/c1-19-17-11-14(9-10-18)7-8-16(17)21-13-20-12-15-5-3-2-4-6-15/h2-8,11H,9-10,12-13,18H2,1H3. The first-order chi connectivity index (χ1) is 10.3. The molecule has 0 atom stereocenters. The SMILES string of the molecule is COc1cc(CCN)ccc1OCOCc1ccccc1. The molecule has 0 radical (unpaired) electrons. The van der Waals surface area contributed by atoms with Crippen LogP contribution in [0.4, 0.5) is 0 Å². The normalized spacial score (nSPS) is 10.4. The van der Waals surface area contributed by atoms with Crippen LogP contribution in [0.3, 0.4) is 0 Å². The summed E-state index contributed by atoms with van der Waals surface area (Å²) in [6.45, 7) is 1.32. The van der Waals surface area contributed by atoms with Crippen LogP contribution in [0, 0.1) is 0 Å². The number of benzene rings is 2. The fourth-order valence-corrected chi connectivity index (χ4v) is 1.99. The lowest BCUT2D eigenvalue weighted by molar-refractivity contribution is 0.00375. The molecule has 2 aromatic rings. The molecule has 0 aliphatic carbocycles. The maximum atomic E-state index is 5.60. The third-order valence-corrected chi connectivity index (χ3v) is 3.07. The Balaban J connectivity index is 1.85. The molecule has 0 heterocycles. The number of methoxy groups -OCH3 is 1. The molecule has 21 heavy (non-hydrogen) atoms. The molecule has 0 aliphatic rings. The molecule has 112 valence electrons. The third-order valence-electron chi connectivity index (χ3n) is 3.07. The largest absolute Gasteiger partial charge is 0.493 e. The second kappa shape index (κ2) is 8.29. The van der Waals surface area contributed by atoms with Crippen LogP contribution in [0.15, 0.2) is 48.5 Å². The van der Waals surface area contributed by atoms with Gasteiger partial charge in [-0.3, -0.25) is 0 Å². The second-order valence-corrected chi connectivity index (χ2v) is 4.62. The molecule has 2 aromatic carbocycles. The Bertz CT molecular complexity index is 543. The van der Waals surface area contributed by atoms with Gasteiger partial charge in [-0.2, -0.15) is 0 Å². The topological polar surface area (TPSA) is 53.7 Å². The zero-order valence-corrected chi connectivity index (χ0v) is 12.2. The van der Waals surface area contributed by atoms with Crippen LogP contribution < -0.4 is 15.2 Å². The Morgan fingerprint density at radius 2 is 1.76 bits per heavy atom. The van der Waals surface area contributed by atoms with Gasteiger partial charge in [0.05, 0.1) is 13.7 Å². The van der Waals surface area contributed by atoms with Crippen molar-refractivity contribution in [2.24, 2.45) is 5.73 Å². The quantitative estimate of drug-likeness (QED) is 0.599. The summed E-state index contributed by atoms with van der Waals surface area (Å²) >= 11 is 0. The fourth-order valence-electron chi connectivity index (χ4n) is 1.99. The summed E-state index contributed by atoms with van der Waals surface area (Å²) in [6, 6.07) is 15.8. The Kier molecular flexibility index (Phi) is 6.06. The number of hydrogen-bond acceptors (Lipinski definition) is 4. The molecule has 4 nitrogen and oxygen atoms in total. The van der Waals surface area contributed by atoms with Crippen molar-refractivity contribution in [1.82, 2.24) is 0 Å². The molecule has 0 amide bonds. The van der Waals surface area contributed by atoms with E-state index in [2.05, 4.69) is 0 Å². The first-order valence-corrected chi connectivity index (χ1v) is 6.95. The van der Waals surface area contributed by atoms with Gasteiger partial charge in [0.15, 0.2) is 18.3 Å². The number of ether oxygens (including phenoxy) is 3. The van der Waals surface area contributed by atoms with Gasteiger partial charge in [0.2, 0.25) is 0 Å². The third kappa shape index (κ3) is 4.77. The maximum Gasteiger partial charge on any atom is 0.189 e. The van der Waals surface area contributed by atoms with Crippen LogP contribution in [0.5, 0.6) is 11.5 Å². The van der Waals surface area contributed by atoms with Crippen molar-refractivity contribution in [2.45, 2.75) is 13.0 Å². The van der Waals surface area contributed by atoms with Gasteiger partial charge in [-0.1, -0.05) is 36.4 Å². The molecule has 0 fully saturated rings. The summed E-state index contributed by atoms with van der Waals surface area (Å²) in [4.78, 5) is 0. The predicted octanol–water partition coefficient (Wildman–Crippen LogP) is 2.75. The lowest BCUT2D eigenvalue weighted by Crippen LogP contribution is -2.05. The van der Waals surface area contributed by atoms with Gasteiger partial charge in [-0.25, -0.2) is 0 Å². The second-order valence-electron chi connectivity index (χ2n) is 4.62. The smallest absolute Gasteiger partial charge is 0.189 e. The number of rotatable bonds is 8. The van der Waals surface area contributed by atoms with Crippen LogP contribution in [0.1, 0.15) is 11.1 Å². The highest BCUT2D eigenvalue weighted by Gasteiger charge is 2.05. The summed E-state index contributed by atoms with van der Waals surface area (Å²) in [5, 5.41) is 0. The van der Waals surface area contributed by atoms with Crippen molar-refractivity contribution in [3.05, 3.63) is 59.7 Å². The molecule has 0 aliphatic heterocycles. The highest BCUT2D eigenvalue weighted by molar-refractivity contribution is 5.43. The van der Waals surface area contributed by atoms with Crippen LogP contribution >= 0.6 is 0 Å². The summed E-state index contributed by atoms with van der Waals surface area (Å²) in [7, 11) is 1.62. The van der Waals surface area contributed by atoms with E-state index in [4.69, 9.17) is 19.9 Å². The van der Waals surface area contributed by atoms with Crippen molar-refractivity contribution in [3.8, 4) is 11.5 Å². The van der Waals surface area contributed by atoms with E-state index in [9.17, 15) is 0 Å². The molecule has 4 heteroatoms. The fraction of sp³-hybridized carbons (Fsp3) is 0.294. The van der Waals surface area contributed by atoms with Crippen LogP contribution in [-0.4, -0.2) is 20.4 Å². The highest BCUT2D eigenvalue weighted by atomic mass is 16.7. The summed E-state index contributed by atoms with van der Waals surface area (Å²) in [6.07, 6.45) is 0.821. The lowest BCUT2D eigenvalue weighted by Gasteiger charge is -2.12. The monoisotopic (exact) mass is 287 g/mol. The molecule has 0 saturated carbocycles. The highest BCUT2D eigenvalue weighted by Crippen LogP contribution is 2.28. The summed E-state index contributed by atoms with van der Waals surface area (Å²) in [5.41, 5.74) is 7.80. The van der Waals surface area contributed by atoms with E-state index in [0.717, 1.165) is 17.5 Å². The van der Waals surface area contributed by atoms with Crippen LogP contribution in [0.2, 0.25) is 0 Å². The molecule has 0 spiro atoms. The van der Waals surface area contributed by atoms with Gasteiger partial charge in [-0.15, -0.1) is 0 Å². The van der Waals surface area contributed by atoms with Crippen LogP contribution in [-0.2, 0) is 17.8 Å². The van der Waals surface area contributed by atoms with Crippen molar-refractivity contribution < 1.29 is 14.2 Å². The summed E-state index contributed by atoms with van der Waals surface area (Å²) < 4.78 is 16.4. The molecule has 2 N–H and O–H groups in total. The molecule has 0 saturated heterocycles. The molecular weight excluding hydrogens is 266 g/mol. The van der Waals surface area contributed by atoms with Gasteiger partial charge >= 0.3 is 0 Å². The van der Waals surface area contributed by atoms with E-state index in [1.54, 1.807) is 7.11 Å². The molecular formula is C17H21NO3. The van der Waals surface area contributed by atoms with E-state index < -0.39 is 0 Å². The van der Waals surface area contributed by atoms with Crippen molar-refractivity contribution in [1.29, 1.82) is 0 Å². The number of nitrogens with two attached hydrogens (primary N) is 1. The van der Waals surface area contributed by atoms with E-state index in [1.165, 1.54) is 0 Å². The Morgan fingerprint density at radius 3 is 2.48 bits per heavy atom. The molecule has 0 bridgehead atoms.